The van der Waals surface area contributed by atoms with E-state index in [1.54, 1.807) is 4.90 Å². The Hall–Kier alpha value is -2.51. The molecular weight excluding hydrogens is 500 g/mol. The van der Waals surface area contributed by atoms with E-state index in [9.17, 15) is 18.0 Å². The second-order valence-electron chi connectivity index (χ2n) is 10.8. The average Bonchev–Trinajstić information content (AvgIpc) is 3.38. The fourth-order valence-corrected chi connectivity index (χ4v) is 6.71. The van der Waals surface area contributed by atoms with Gasteiger partial charge in [-0.2, -0.15) is 4.31 Å². The zero-order chi connectivity index (χ0) is 26.0. The smallest absolute Gasteiger partial charge is 0.410 e. The Labute approximate surface area is 217 Å². The standard InChI is InChI=1S/C24H36N6O6S/c1-24(5-6-24)36-23(32)28-8-3-18(4-9-28)16-35-21-14-26-20(13-27-21)30-11-10-29(15-22(30)31)37(33,34)17-19-2-7-25-12-19/h13-14,18-19,25H,2-12,15-17H2,1H3. The van der Waals surface area contributed by atoms with Gasteiger partial charge in [-0.1, -0.05) is 0 Å². The molecule has 1 unspecified atom stereocenters. The summed E-state index contributed by atoms with van der Waals surface area (Å²) in [5.74, 6) is 0.900. The number of hydrogen-bond donors (Lipinski definition) is 1. The molecule has 5 rings (SSSR count). The molecule has 3 aliphatic heterocycles. The van der Waals surface area contributed by atoms with Crippen molar-refractivity contribution in [1.82, 2.24) is 24.5 Å². The number of carbonyl (C=O) groups excluding carboxylic acids is 2. The number of sulfonamides is 1. The molecule has 1 aliphatic carbocycles. The molecule has 2 amide bonds. The second-order valence-corrected chi connectivity index (χ2v) is 12.8. The summed E-state index contributed by atoms with van der Waals surface area (Å²) in [5, 5.41) is 3.18. The van der Waals surface area contributed by atoms with Gasteiger partial charge in [0.05, 0.1) is 31.3 Å². The molecule has 0 bridgehead atoms. The second kappa shape index (κ2) is 10.7. The van der Waals surface area contributed by atoms with Crippen LogP contribution in [0.25, 0.3) is 0 Å². The van der Waals surface area contributed by atoms with Gasteiger partial charge in [-0.3, -0.25) is 9.69 Å². The third-order valence-corrected chi connectivity index (χ3v) is 9.70. The van der Waals surface area contributed by atoms with Crippen LogP contribution in [0.15, 0.2) is 12.4 Å². The molecule has 0 spiro atoms. The minimum atomic E-state index is -3.48. The minimum Gasteiger partial charge on any atom is -0.476 e. The van der Waals surface area contributed by atoms with Crippen molar-refractivity contribution in [1.29, 1.82) is 0 Å². The van der Waals surface area contributed by atoms with E-state index in [2.05, 4.69) is 15.3 Å². The Morgan fingerprint density at radius 1 is 1.11 bits per heavy atom. The average molecular weight is 537 g/mol. The number of aromatic nitrogens is 2. The molecule has 1 aromatic heterocycles. The Kier molecular flexibility index (Phi) is 7.55. The zero-order valence-corrected chi connectivity index (χ0v) is 22.1. The monoisotopic (exact) mass is 536 g/mol. The number of nitrogens with one attached hydrogen (secondary N) is 1. The first-order chi connectivity index (χ1) is 17.7. The number of amides is 2. The molecule has 4 heterocycles. The number of nitrogens with zero attached hydrogens (tertiary/aromatic N) is 5. The lowest BCUT2D eigenvalue weighted by molar-refractivity contribution is -0.120. The lowest BCUT2D eigenvalue weighted by Gasteiger charge is -2.33. The molecule has 4 fully saturated rings. The zero-order valence-electron chi connectivity index (χ0n) is 21.3. The van der Waals surface area contributed by atoms with Crippen LogP contribution in [0.1, 0.15) is 39.0 Å². The lowest BCUT2D eigenvalue weighted by Crippen LogP contribution is -2.53. The van der Waals surface area contributed by atoms with Crippen LogP contribution in [0.3, 0.4) is 0 Å². The number of carbonyl (C=O) groups is 2. The number of piperidine rings is 1. The normalized spacial score (nSPS) is 24.8. The van der Waals surface area contributed by atoms with Crippen molar-refractivity contribution in [2.45, 2.75) is 44.6 Å². The van der Waals surface area contributed by atoms with Crippen molar-refractivity contribution in [3.05, 3.63) is 12.4 Å². The molecule has 13 heteroatoms. The summed E-state index contributed by atoms with van der Waals surface area (Å²) >= 11 is 0. The van der Waals surface area contributed by atoms with Gasteiger partial charge in [0.25, 0.3) is 0 Å². The maximum atomic E-state index is 12.7. The van der Waals surface area contributed by atoms with Gasteiger partial charge in [0.1, 0.15) is 5.60 Å². The van der Waals surface area contributed by atoms with Gasteiger partial charge in [0, 0.05) is 26.2 Å². The Morgan fingerprint density at radius 2 is 1.89 bits per heavy atom. The molecule has 1 saturated carbocycles. The van der Waals surface area contributed by atoms with E-state index in [0.717, 1.165) is 38.6 Å². The number of rotatable bonds is 8. The summed E-state index contributed by atoms with van der Waals surface area (Å²) in [6, 6.07) is 0. The topological polar surface area (TPSA) is 134 Å². The number of piperazine rings is 1. The third-order valence-electron chi connectivity index (χ3n) is 7.71. The fourth-order valence-electron chi connectivity index (χ4n) is 4.95. The highest BCUT2D eigenvalue weighted by molar-refractivity contribution is 7.89. The van der Waals surface area contributed by atoms with E-state index in [0.29, 0.717) is 43.9 Å². The van der Waals surface area contributed by atoms with Gasteiger partial charge in [-0.15, -0.1) is 0 Å². The van der Waals surface area contributed by atoms with Crippen LogP contribution in [-0.2, 0) is 19.6 Å². The number of hydrogen-bond acceptors (Lipinski definition) is 9. The Bertz CT molecular complexity index is 1080. The molecule has 1 aromatic rings. The van der Waals surface area contributed by atoms with E-state index in [4.69, 9.17) is 9.47 Å². The highest BCUT2D eigenvalue weighted by Crippen LogP contribution is 2.39. The van der Waals surface area contributed by atoms with Crippen LogP contribution in [0.4, 0.5) is 10.6 Å². The van der Waals surface area contributed by atoms with Crippen LogP contribution >= 0.6 is 0 Å². The van der Waals surface area contributed by atoms with Crippen molar-refractivity contribution >= 4 is 27.8 Å². The van der Waals surface area contributed by atoms with Gasteiger partial charge in [0.2, 0.25) is 21.8 Å². The first-order valence-corrected chi connectivity index (χ1v) is 14.7. The van der Waals surface area contributed by atoms with Crippen LogP contribution < -0.4 is 15.0 Å². The maximum absolute atomic E-state index is 12.7. The van der Waals surface area contributed by atoms with E-state index in [-0.39, 0.29) is 48.9 Å². The third kappa shape index (κ3) is 6.50. The first kappa shape index (κ1) is 26.1. The fraction of sp³-hybridized carbons (Fsp3) is 0.750. The van der Waals surface area contributed by atoms with Crippen LogP contribution in [0.5, 0.6) is 5.88 Å². The summed E-state index contributed by atoms with van der Waals surface area (Å²) in [5.41, 5.74) is -0.259. The molecule has 1 N–H and O–H groups in total. The maximum Gasteiger partial charge on any atom is 0.410 e. The molecule has 4 aliphatic rings. The molecule has 0 aromatic carbocycles. The quantitative estimate of drug-likeness (QED) is 0.513. The Balaban J connectivity index is 1.06. The van der Waals surface area contributed by atoms with Crippen molar-refractivity contribution < 1.29 is 27.5 Å². The van der Waals surface area contributed by atoms with E-state index in [1.807, 2.05) is 6.92 Å². The molecule has 3 saturated heterocycles. The van der Waals surface area contributed by atoms with Gasteiger partial charge in [-0.05, 0) is 64.0 Å². The summed E-state index contributed by atoms with van der Waals surface area (Å²) in [7, 11) is -3.48. The molecule has 12 nitrogen and oxygen atoms in total. The number of likely N-dealkylation sites (tertiary alicyclic amines) is 1. The van der Waals surface area contributed by atoms with Crippen molar-refractivity contribution in [3.63, 3.8) is 0 Å². The van der Waals surface area contributed by atoms with Crippen LogP contribution in [0.2, 0.25) is 0 Å². The van der Waals surface area contributed by atoms with Crippen LogP contribution in [-0.4, -0.2) is 103 Å². The molecule has 37 heavy (non-hydrogen) atoms. The predicted molar refractivity (Wildman–Crippen MR) is 135 cm³/mol. The number of ether oxygens (including phenoxy) is 2. The van der Waals surface area contributed by atoms with E-state index in [1.165, 1.54) is 21.6 Å². The molecular formula is C24H36N6O6S. The lowest BCUT2D eigenvalue weighted by atomic mass is 9.98. The summed E-state index contributed by atoms with van der Waals surface area (Å²) < 4.78 is 38.1. The van der Waals surface area contributed by atoms with Crippen LogP contribution in [0, 0.1) is 11.8 Å². The highest BCUT2D eigenvalue weighted by Gasteiger charge is 2.43. The molecule has 1 atom stereocenters. The van der Waals surface area contributed by atoms with Crippen molar-refractivity contribution in [2.24, 2.45) is 11.8 Å². The largest absolute Gasteiger partial charge is 0.476 e. The molecule has 204 valence electrons. The Morgan fingerprint density at radius 3 is 2.51 bits per heavy atom. The first-order valence-electron chi connectivity index (χ1n) is 13.1. The number of anilines is 1. The van der Waals surface area contributed by atoms with E-state index >= 15 is 0 Å². The highest BCUT2D eigenvalue weighted by atomic mass is 32.2. The van der Waals surface area contributed by atoms with Gasteiger partial charge in [-0.25, -0.2) is 23.2 Å². The van der Waals surface area contributed by atoms with Crippen molar-refractivity contribution in [3.8, 4) is 5.88 Å². The predicted octanol–water partition coefficient (Wildman–Crippen LogP) is 0.844. The summed E-state index contributed by atoms with van der Waals surface area (Å²) in [6.45, 7) is 5.55. The van der Waals surface area contributed by atoms with Gasteiger partial charge >= 0.3 is 6.09 Å². The van der Waals surface area contributed by atoms with E-state index < -0.39 is 10.0 Å². The summed E-state index contributed by atoms with van der Waals surface area (Å²) in [4.78, 5) is 36.9. The van der Waals surface area contributed by atoms with Gasteiger partial charge in [0.15, 0.2) is 5.82 Å². The van der Waals surface area contributed by atoms with Crippen molar-refractivity contribution in [2.75, 3.05) is 63.1 Å². The minimum absolute atomic E-state index is 0.0711. The molecule has 0 radical (unpaired) electrons. The summed E-state index contributed by atoms with van der Waals surface area (Å²) in [6.07, 6.45) is 7.12. The SMILES string of the molecule is CC1(OC(=O)N2CCC(COc3cnc(N4CCN(S(=O)(=O)CC5CCNC5)CC4=O)cn3)CC2)CC1. The van der Waals surface area contributed by atoms with Gasteiger partial charge < -0.3 is 19.7 Å².